The Morgan fingerprint density at radius 3 is 2.74 bits per heavy atom. The van der Waals surface area contributed by atoms with Gasteiger partial charge in [0, 0.05) is 10.6 Å². The fraction of sp³-hybridized carbons (Fsp3) is 0.375. The van der Waals surface area contributed by atoms with Crippen LogP contribution in [0.3, 0.4) is 0 Å². The van der Waals surface area contributed by atoms with E-state index in [0.29, 0.717) is 5.02 Å². The van der Waals surface area contributed by atoms with Crippen molar-refractivity contribution < 1.29 is 5.11 Å². The highest BCUT2D eigenvalue weighted by Crippen LogP contribution is 2.28. The Morgan fingerprint density at radius 2 is 2.00 bits per heavy atom. The lowest BCUT2D eigenvalue weighted by molar-refractivity contribution is 0.116. The van der Waals surface area contributed by atoms with Gasteiger partial charge in [-0.1, -0.05) is 47.9 Å². The Balaban J connectivity index is 1.55. The minimum absolute atomic E-state index is 0.0929. The van der Waals surface area contributed by atoms with Crippen LogP contribution < -0.4 is 5.32 Å². The minimum atomic E-state index is -0.287. The van der Waals surface area contributed by atoms with E-state index in [9.17, 15) is 5.11 Å². The van der Waals surface area contributed by atoms with E-state index in [-0.39, 0.29) is 12.1 Å². The minimum Gasteiger partial charge on any atom is -0.391 e. The summed E-state index contributed by atoms with van der Waals surface area (Å²) >= 11 is 7.42. The van der Waals surface area contributed by atoms with Gasteiger partial charge in [0.15, 0.2) is 0 Å². The van der Waals surface area contributed by atoms with Crippen molar-refractivity contribution in [3.8, 4) is 11.3 Å². The zero-order valence-electron chi connectivity index (χ0n) is 12.4. The Hall–Kier alpha value is -1.63. The number of halogens is 1. The summed E-state index contributed by atoms with van der Waals surface area (Å²) < 4.78 is 1.78. The highest BCUT2D eigenvalue weighted by molar-refractivity contribution is 7.20. The molecule has 2 atom stereocenters. The molecule has 1 fully saturated rings. The summed E-state index contributed by atoms with van der Waals surface area (Å²) in [4.78, 5) is 5.45. The van der Waals surface area contributed by atoms with Crippen molar-refractivity contribution in [3.05, 3.63) is 35.5 Å². The van der Waals surface area contributed by atoms with Crippen molar-refractivity contribution in [1.82, 2.24) is 14.6 Å². The van der Waals surface area contributed by atoms with E-state index in [2.05, 4.69) is 15.4 Å². The molecule has 0 spiro atoms. The average Bonchev–Trinajstić information content (AvgIpc) is 3.09. The van der Waals surface area contributed by atoms with Gasteiger partial charge in [-0.15, -0.1) is 5.10 Å². The second kappa shape index (κ2) is 6.11. The monoisotopic (exact) mass is 348 g/mol. The van der Waals surface area contributed by atoms with E-state index < -0.39 is 0 Å². The van der Waals surface area contributed by atoms with Crippen molar-refractivity contribution in [2.24, 2.45) is 0 Å². The molecule has 1 aliphatic carbocycles. The van der Waals surface area contributed by atoms with Crippen LogP contribution in [0.1, 0.15) is 25.7 Å². The Bertz CT molecular complexity index is 782. The topological polar surface area (TPSA) is 62.5 Å². The van der Waals surface area contributed by atoms with Gasteiger partial charge in [0.25, 0.3) is 0 Å². The summed E-state index contributed by atoms with van der Waals surface area (Å²) in [5.74, 6) is 0. The number of hydrogen-bond donors (Lipinski definition) is 2. The predicted molar refractivity (Wildman–Crippen MR) is 93.2 cm³/mol. The van der Waals surface area contributed by atoms with Crippen molar-refractivity contribution in [1.29, 1.82) is 0 Å². The molecule has 2 aromatic heterocycles. The molecule has 0 radical (unpaired) electrons. The smallest absolute Gasteiger partial charge is 0.214 e. The van der Waals surface area contributed by atoms with Crippen LogP contribution in [0.4, 0.5) is 5.13 Å². The number of rotatable bonds is 3. The summed E-state index contributed by atoms with van der Waals surface area (Å²) in [5, 5.41) is 19.5. The Kier molecular flexibility index (Phi) is 3.97. The predicted octanol–water partition coefficient (Wildman–Crippen LogP) is 3.83. The normalized spacial score (nSPS) is 21.7. The molecule has 23 heavy (non-hydrogen) atoms. The van der Waals surface area contributed by atoms with Crippen molar-refractivity contribution in [2.45, 2.75) is 37.8 Å². The molecule has 0 unspecified atom stereocenters. The first kappa shape index (κ1) is 14.9. The second-order valence-corrected chi connectivity index (χ2v) is 7.26. The van der Waals surface area contributed by atoms with Gasteiger partial charge in [-0.25, -0.2) is 9.50 Å². The maximum Gasteiger partial charge on any atom is 0.214 e. The molecule has 4 rings (SSSR count). The first-order chi connectivity index (χ1) is 11.2. The van der Waals surface area contributed by atoms with Gasteiger partial charge in [0.1, 0.15) is 0 Å². The van der Waals surface area contributed by atoms with Crippen LogP contribution in [-0.2, 0) is 0 Å². The van der Waals surface area contributed by atoms with Crippen LogP contribution in [0, 0.1) is 0 Å². The summed E-state index contributed by atoms with van der Waals surface area (Å²) in [7, 11) is 0. The van der Waals surface area contributed by atoms with Crippen molar-refractivity contribution in [3.63, 3.8) is 0 Å². The number of anilines is 1. The lowest BCUT2D eigenvalue weighted by atomic mass is 9.93. The lowest BCUT2D eigenvalue weighted by Crippen LogP contribution is -2.36. The molecule has 0 bridgehead atoms. The van der Waals surface area contributed by atoms with Gasteiger partial charge >= 0.3 is 0 Å². The van der Waals surface area contributed by atoms with Crippen LogP contribution in [0.5, 0.6) is 0 Å². The SMILES string of the molecule is O[C@H]1CCCC[C@@H]1Nc1nn2cc(-c3ccc(Cl)cc3)nc2s1. The number of fused-ring (bicyclic) bond motifs is 1. The molecule has 2 N–H and O–H groups in total. The zero-order valence-corrected chi connectivity index (χ0v) is 14.0. The number of nitrogens with zero attached hydrogens (tertiary/aromatic N) is 3. The fourth-order valence-electron chi connectivity index (χ4n) is 2.96. The highest BCUT2D eigenvalue weighted by Gasteiger charge is 2.24. The number of aromatic nitrogens is 3. The summed E-state index contributed by atoms with van der Waals surface area (Å²) in [6.07, 6.45) is 5.73. The molecule has 0 aliphatic heterocycles. The molecule has 2 heterocycles. The molecule has 1 aliphatic rings. The lowest BCUT2D eigenvalue weighted by Gasteiger charge is -2.27. The number of imidazole rings is 1. The first-order valence-electron chi connectivity index (χ1n) is 7.76. The van der Waals surface area contributed by atoms with Crippen LogP contribution in [-0.4, -0.2) is 31.9 Å². The number of aliphatic hydroxyl groups is 1. The summed E-state index contributed by atoms with van der Waals surface area (Å²) in [5.41, 5.74) is 1.90. The van der Waals surface area contributed by atoms with E-state index in [1.54, 1.807) is 4.52 Å². The van der Waals surface area contributed by atoms with Crippen LogP contribution in [0.15, 0.2) is 30.5 Å². The molecule has 5 nitrogen and oxygen atoms in total. The zero-order chi connectivity index (χ0) is 15.8. The average molecular weight is 349 g/mol. The van der Waals surface area contributed by atoms with Gasteiger partial charge in [0.2, 0.25) is 10.1 Å². The quantitative estimate of drug-likeness (QED) is 0.755. The van der Waals surface area contributed by atoms with Gasteiger partial charge in [0.05, 0.1) is 24.0 Å². The molecule has 7 heteroatoms. The number of hydrogen-bond acceptors (Lipinski definition) is 5. The van der Waals surface area contributed by atoms with E-state index in [1.807, 2.05) is 30.5 Å². The molecule has 0 amide bonds. The number of benzene rings is 1. The fourth-order valence-corrected chi connectivity index (χ4v) is 3.93. The molecular formula is C16H17ClN4OS. The third kappa shape index (κ3) is 3.06. The number of nitrogens with one attached hydrogen (secondary N) is 1. The van der Waals surface area contributed by atoms with E-state index in [4.69, 9.17) is 11.6 Å². The molecule has 120 valence electrons. The van der Waals surface area contributed by atoms with Gasteiger partial charge in [-0.05, 0) is 25.0 Å². The van der Waals surface area contributed by atoms with Crippen molar-refractivity contribution >= 4 is 33.0 Å². The van der Waals surface area contributed by atoms with Gasteiger partial charge < -0.3 is 10.4 Å². The largest absolute Gasteiger partial charge is 0.391 e. The summed E-state index contributed by atoms with van der Waals surface area (Å²) in [6.45, 7) is 0. The van der Waals surface area contributed by atoms with E-state index >= 15 is 0 Å². The highest BCUT2D eigenvalue weighted by atomic mass is 35.5. The molecule has 1 aromatic carbocycles. The van der Waals surface area contributed by atoms with Crippen LogP contribution >= 0.6 is 22.9 Å². The van der Waals surface area contributed by atoms with Crippen LogP contribution in [0.25, 0.3) is 16.2 Å². The molecular weight excluding hydrogens is 332 g/mol. The third-order valence-corrected chi connectivity index (χ3v) is 5.33. The second-order valence-electron chi connectivity index (χ2n) is 5.87. The summed E-state index contributed by atoms with van der Waals surface area (Å²) in [6, 6.07) is 7.71. The maximum atomic E-state index is 10.1. The van der Waals surface area contributed by atoms with E-state index in [1.165, 1.54) is 11.3 Å². The molecule has 0 saturated heterocycles. The third-order valence-electron chi connectivity index (χ3n) is 4.22. The van der Waals surface area contributed by atoms with Gasteiger partial charge in [-0.3, -0.25) is 0 Å². The maximum absolute atomic E-state index is 10.1. The Labute approximate surface area is 142 Å². The molecule has 1 saturated carbocycles. The van der Waals surface area contributed by atoms with Gasteiger partial charge in [-0.2, -0.15) is 0 Å². The van der Waals surface area contributed by atoms with Crippen LogP contribution in [0.2, 0.25) is 5.02 Å². The standard InChI is InChI=1S/C16H17ClN4OS/c17-11-7-5-10(6-8-11)13-9-21-16(19-13)23-15(20-21)18-12-3-1-2-4-14(12)22/h5-9,12,14,22H,1-4H2,(H,18,20)/t12-,14-/m0/s1. The number of aliphatic hydroxyl groups excluding tert-OH is 1. The first-order valence-corrected chi connectivity index (χ1v) is 8.95. The van der Waals surface area contributed by atoms with E-state index in [0.717, 1.165) is 47.0 Å². The Morgan fingerprint density at radius 1 is 1.22 bits per heavy atom. The molecule has 3 aromatic rings. The van der Waals surface area contributed by atoms with Crippen molar-refractivity contribution in [2.75, 3.05) is 5.32 Å².